The number of halogens is 1. The Balaban J connectivity index is 1.89. The molecule has 1 heterocycles. The SMILES string of the molecule is CC(OC(=O)c1nn(C)c(=O)c2ccccc12)C(=O)c1ccc(F)cc1. The summed E-state index contributed by atoms with van der Waals surface area (Å²) < 4.78 is 19.2. The van der Waals surface area contributed by atoms with Crippen LogP contribution in [0.1, 0.15) is 27.8 Å². The van der Waals surface area contributed by atoms with Gasteiger partial charge in [0.15, 0.2) is 11.8 Å². The van der Waals surface area contributed by atoms with Gasteiger partial charge in [0.2, 0.25) is 5.78 Å². The number of esters is 1. The number of hydrogen-bond donors (Lipinski definition) is 0. The summed E-state index contributed by atoms with van der Waals surface area (Å²) in [6.45, 7) is 1.42. The lowest BCUT2D eigenvalue weighted by atomic mass is 10.1. The van der Waals surface area contributed by atoms with Gasteiger partial charge in [0, 0.05) is 18.0 Å². The van der Waals surface area contributed by atoms with E-state index in [1.165, 1.54) is 26.1 Å². The van der Waals surface area contributed by atoms with Crippen LogP contribution in [0.25, 0.3) is 10.8 Å². The molecule has 0 fully saturated rings. The number of Topliss-reactive ketones (excluding diaryl/α,β-unsaturated/α-hetero) is 1. The highest BCUT2D eigenvalue weighted by Crippen LogP contribution is 2.16. The molecule has 0 N–H and O–H groups in total. The molecule has 3 aromatic rings. The molecule has 0 aliphatic rings. The van der Waals surface area contributed by atoms with E-state index >= 15 is 0 Å². The topological polar surface area (TPSA) is 78.3 Å². The van der Waals surface area contributed by atoms with E-state index in [4.69, 9.17) is 4.74 Å². The van der Waals surface area contributed by atoms with E-state index in [0.717, 1.165) is 16.8 Å². The Morgan fingerprint density at radius 1 is 1.08 bits per heavy atom. The maximum absolute atomic E-state index is 13.0. The van der Waals surface area contributed by atoms with Gasteiger partial charge in [0.25, 0.3) is 5.56 Å². The fourth-order valence-corrected chi connectivity index (χ4v) is 2.57. The number of ether oxygens (including phenoxy) is 1. The first-order chi connectivity index (χ1) is 12.4. The lowest BCUT2D eigenvalue weighted by molar-refractivity contribution is 0.0313. The fourth-order valence-electron chi connectivity index (χ4n) is 2.57. The average Bonchev–Trinajstić information content (AvgIpc) is 2.64. The van der Waals surface area contributed by atoms with Crippen molar-refractivity contribution in [3.05, 3.63) is 76.0 Å². The Morgan fingerprint density at radius 2 is 1.69 bits per heavy atom. The summed E-state index contributed by atoms with van der Waals surface area (Å²) in [4.78, 5) is 37.0. The average molecular weight is 354 g/mol. The predicted octanol–water partition coefficient (Wildman–Crippen LogP) is 2.50. The first-order valence-electron chi connectivity index (χ1n) is 7.85. The van der Waals surface area contributed by atoms with Gasteiger partial charge in [-0.3, -0.25) is 9.59 Å². The third-order valence-corrected chi connectivity index (χ3v) is 3.93. The van der Waals surface area contributed by atoms with Crippen molar-refractivity contribution < 1.29 is 18.7 Å². The number of hydrogen-bond acceptors (Lipinski definition) is 5. The predicted molar refractivity (Wildman–Crippen MR) is 92.6 cm³/mol. The van der Waals surface area contributed by atoms with Crippen molar-refractivity contribution in [2.45, 2.75) is 13.0 Å². The van der Waals surface area contributed by atoms with Crippen LogP contribution >= 0.6 is 0 Å². The third kappa shape index (κ3) is 3.23. The van der Waals surface area contributed by atoms with Crippen molar-refractivity contribution in [2.75, 3.05) is 0 Å². The second kappa shape index (κ2) is 6.87. The molecule has 1 atom stereocenters. The minimum Gasteiger partial charge on any atom is -0.449 e. The lowest BCUT2D eigenvalue weighted by Crippen LogP contribution is -2.28. The molecule has 0 saturated carbocycles. The van der Waals surface area contributed by atoms with Crippen LogP contribution in [0.2, 0.25) is 0 Å². The number of rotatable bonds is 4. The van der Waals surface area contributed by atoms with E-state index in [1.54, 1.807) is 24.3 Å². The van der Waals surface area contributed by atoms with E-state index in [1.807, 2.05) is 0 Å². The van der Waals surface area contributed by atoms with Crippen LogP contribution in [0.4, 0.5) is 4.39 Å². The molecular weight excluding hydrogens is 339 g/mol. The van der Waals surface area contributed by atoms with Crippen LogP contribution < -0.4 is 5.56 Å². The molecular formula is C19H15FN2O4. The quantitative estimate of drug-likeness (QED) is 0.531. The Labute approximate surface area is 147 Å². The molecule has 132 valence electrons. The molecule has 3 rings (SSSR count). The number of aryl methyl sites for hydroxylation is 1. The molecule has 0 bridgehead atoms. The van der Waals surface area contributed by atoms with Gasteiger partial charge in [-0.1, -0.05) is 18.2 Å². The molecule has 1 aromatic heterocycles. The fraction of sp³-hybridized carbons (Fsp3) is 0.158. The second-order valence-electron chi connectivity index (χ2n) is 5.74. The molecule has 2 aromatic carbocycles. The van der Waals surface area contributed by atoms with Crippen LogP contribution in [0.5, 0.6) is 0 Å². The van der Waals surface area contributed by atoms with Gasteiger partial charge in [-0.25, -0.2) is 13.9 Å². The monoisotopic (exact) mass is 354 g/mol. The molecule has 6 nitrogen and oxygen atoms in total. The number of ketones is 1. The summed E-state index contributed by atoms with van der Waals surface area (Å²) in [5.74, 6) is -1.75. The summed E-state index contributed by atoms with van der Waals surface area (Å²) in [5, 5.41) is 4.64. The maximum atomic E-state index is 13.0. The van der Waals surface area contributed by atoms with E-state index in [9.17, 15) is 18.8 Å². The Hall–Kier alpha value is -3.35. The highest BCUT2D eigenvalue weighted by atomic mass is 19.1. The van der Waals surface area contributed by atoms with Gasteiger partial charge in [0.1, 0.15) is 5.82 Å². The second-order valence-corrected chi connectivity index (χ2v) is 5.74. The van der Waals surface area contributed by atoms with Crippen molar-refractivity contribution in [1.29, 1.82) is 0 Å². The molecule has 0 amide bonds. The van der Waals surface area contributed by atoms with Gasteiger partial charge >= 0.3 is 5.97 Å². The maximum Gasteiger partial charge on any atom is 0.360 e. The van der Waals surface area contributed by atoms with Gasteiger partial charge < -0.3 is 4.74 Å². The zero-order chi connectivity index (χ0) is 18.8. The summed E-state index contributed by atoms with van der Waals surface area (Å²) in [6, 6.07) is 11.5. The van der Waals surface area contributed by atoms with Crippen LogP contribution in [0, 0.1) is 5.82 Å². The summed E-state index contributed by atoms with van der Waals surface area (Å²) >= 11 is 0. The zero-order valence-electron chi connectivity index (χ0n) is 14.1. The van der Waals surface area contributed by atoms with Gasteiger partial charge in [-0.15, -0.1) is 0 Å². The van der Waals surface area contributed by atoms with Gasteiger partial charge in [-0.2, -0.15) is 5.10 Å². The van der Waals surface area contributed by atoms with Crippen molar-refractivity contribution in [3.63, 3.8) is 0 Å². The van der Waals surface area contributed by atoms with Gasteiger partial charge in [-0.05, 0) is 37.3 Å². The molecule has 0 saturated heterocycles. The molecule has 0 radical (unpaired) electrons. The van der Waals surface area contributed by atoms with Gasteiger partial charge in [0.05, 0.1) is 5.39 Å². The summed E-state index contributed by atoms with van der Waals surface area (Å²) in [6.07, 6.45) is -1.09. The standard InChI is InChI=1S/C19H15FN2O4/c1-11(17(23)12-7-9-13(20)10-8-12)26-19(25)16-14-5-3-4-6-15(14)18(24)22(2)21-16/h3-11H,1-2H3. The van der Waals surface area contributed by atoms with Crippen LogP contribution in [-0.2, 0) is 11.8 Å². The zero-order valence-corrected chi connectivity index (χ0v) is 14.1. The van der Waals surface area contributed by atoms with E-state index in [2.05, 4.69) is 5.10 Å². The van der Waals surface area contributed by atoms with Crippen LogP contribution in [0.15, 0.2) is 53.3 Å². The van der Waals surface area contributed by atoms with Crippen molar-refractivity contribution in [2.24, 2.45) is 7.05 Å². The Morgan fingerprint density at radius 3 is 2.35 bits per heavy atom. The van der Waals surface area contributed by atoms with Crippen molar-refractivity contribution in [3.8, 4) is 0 Å². The lowest BCUT2D eigenvalue weighted by Gasteiger charge is -2.13. The number of carbonyl (C=O) groups is 2. The van der Waals surface area contributed by atoms with Crippen LogP contribution in [0.3, 0.4) is 0 Å². The molecule has 0 spiro atoms. The summed E-state index contributed by atoms with van der Waals surface area (Å²) in [5.41, 5.74) is -0.168. The summed E-state index contributed by atoms with van der Waals surface area (Å²) in [7, 11) is 1.43. The largest absolute Gasteiger partial charge is 0.449 e. The first kappa shape index (κ1) is 17.5. The number of carbonyl (C=O) groups excluding carboxylic acids is 2. The number of fused-ring (bicyclic) bond motifs is 1. The van der Waals surface area contributed by atoms with E-state index < -0.39 is 23.7 Å². The highest BCUT2D eigenvalue weighted by molar-refractivity contribution is 6.05. The number of benzene rings is 2. The normalized spacial score (nSPS) is 12.0. The number of nitrogens with zero attached hydrogens (tertiary/aromatic N) is 2. The Kier molecular flexibility index (Phi) is 4.62. The Bertz CT molecular complexity index is 1060. The van der Waals surface area contributed by atoms with E-state index in [0.29, 0.717) is 10.8 Å². The molecule has 0 aliphatic heterocycles. The minimum absolute atomic E-state index is 0.0542. The molecule has 7 heteroatoms. The number of aromatic nitrogens is 2. The van der Waals surface area contributed by atoms with Crippen molar-refractivity contribution >= 4 is 22.5 Å². The molecule has 0 aliphatic carbocycles. The first-order valence-corrected chi connectivity index (χ1v) is 7.85. The van der Waals surface area contributed by atoms with Crippen LogP contribution in [-0.4, -0.2) is 27.6 Å². The minimum atomic E-state index is -1.09. The smallest absolute Gasteiger partial charge is 0.360 e. The third-order valence-electron chi connectivity index (χ3n) is 3.93. The molecule has 1 unspecified atom stereocenters. The molecule has 26 heavy (non-hydrogen) atoms. The van der Waals surface area contributed by atoms with Crippen molar-refractivity contribution in [1.82, 2.24) is 9.78 Å². The highest BCUT2D eigenvalue weighted by Gasteiger charge is 2.23. The van der Waals surface area contributed by atoms with E-state index in [-0.39, 0.29) is 16.8 Å².